The van der Waals surface area contributed by atoms with Crippen molar-refractivity contribution in [3.05, 3.63) is 48.3 Å². The van der Waals surface area contributed by atoms with E-state index in [9.17, 15) is 4.79 Å². The number of hydrogen-bond acceptors (Lipinski definition) is 4. The summed E-state index contributed by atoms with van der Waals surface area (Å²) in [5.74, 6) is -0.0852. The van der Waals surface area contributed by atoms with Crippen LogP contribution >= 0.6 is 0 Å². The molecule has 1 N–H and O–H groups in total. The van der Waals surface area contributed by atoms with Gasteiger partial charge in [0.25, 0.3) is 5.91 Å². The first-order valence-corrected chi connectivity index (χ1v) is 6.11. The molecule has 6 heteroatoms. The van der Waals surface area contributed by atoms with Crippen molar-refractivity contribution in [2.75, 3.05) is 19.8 Å². The zero-order chi connectivity index (χ0) is 13.3. The molecule has 0 spiro atoms. The number of rotatable bonds is 7. The second-order valence-corrected chi connectivity index (χ2v) is 3.86. The van der Waals surface area contributed by atoms with Crippen LogP contribution in [0.2, 0.25) is 0 Å². The predicted molar refractivity (Wildman–Crippen MR) is 69.6 cm³/mol. The van der Waals surface area contributed by atoms with Gasteiger partial charge in [-0.15, -0.1) is 0 Å². The van der Waals surface area contributed by atoms with Crippen molar-refractivity contribution >= 4 is 5.91 Å². The lowest BCUT2D eigenvalue weighted by molar-refractivity contribution is 0.0902. The summed E-state index contributed by atoms with van der Waals surface area (Å²) in [5, 5.41) is 10.7. The van der Waals surface area contributed by atoms with E-state index in [-0.39, 0.29) is 5.91 Å². The van der Waals surface area contributed by atoms with Crippen molar-refractivity contribution in [3.63, 3.8) is 0 Å². The van der Waals surface area contributed by atoms with E-state index in [1.54, 1.807) is 29.3 Å². The van der Waals surface area contributed by atoms with E-state index in [1.165, 1.54) is 0 Å². The quantitative estimate of drug-likeness (QED) is 0.745. The average molecular weight is 260 g/mol. The van der Waals surface area contributed by atoms with Gasteiger partial charge in [0, 0.05) is 12.1 Å². The Kier molecular flexibility index (Phi) is 5.06. The highest BCUT2D eigenvalue weighted by Crippen LogP contribution is 1.97. The zero-order valence-corrected chi connectivity index (χ0v) is 10.5. The van der Waals surface area contributed by atoms with Crippen LogP contribution in [-0.2, 0) is 11.3 Å². The molecule has 19 heavy (non-hydrogen) atoms. The van der Waals surface area contributed by atoms with Crippen molar-refractivity contribution in [1.29, 1.82) is 0 Å². The van der Waals surface area contributed by atoms with Crippen molar-refractivity contribution in [2.24, 2.45) is 0 Å². The van der Waals surface area contributed by atoms with Crippen LogP contribution in [0, 0.1) is 0 Å². The molecule has 0 bridgehead atoms. The molecule has 1 heterocycles. The van der Waals surface area contributed by atoms with Gasteiger partial charge in [-0.1, -0.05) is 18.2 Å². The SMILES string of the molecule is O=C(NCCOCCn1nccn1)c1ccccc1. The maximum Gasteiger partial charge on any atom is 0.251 e. The molecule has 2 rings (SSSR count). The third kappa shape index (κ3) is 4.51. The predicted octanol–water partition coefficient (Wildman–Crippen LogP) is 0.725. The molecule has 2 aromatic rings. The van der Waals surface area contributed by atoms with Gasteiger partial charge in [0.05, 0.1) is 32.2 Å². The molecule has 6 nitrogen and oxygen atoms in total. The van der Waals surface area contributed by atoms with Gasteiger partial charge in [0.2, 0.25) is 0 Å². The Morgan fingerprint density at radius 1 is 1.16 bits per heavy atom. The number of aromatic nitrogens is 3. The molecule has 0 aliphatic carbocycles. The number of benzene rings is 1. The summed E-state index contributed by atoms with van der Waals surface area (Å²) in [7, 11) is 0. The summed E-state index contributed by atoms with van der Waals surface area (Å²) in [4.78, 5) is 13.2. The summed E-state index contributed by atoms with van der Waals surface area (Å²) in [6.45, 7) is 2.09. The van der Waals surface area contributed by atoms with Gasteiger partial charge in [0.15, 0.2) is 0 Å². The van der Waals surface area contributed by atoms with Crippen LogP contribution in [0.3, 0.4) is 0 Å². The first-order valence-electron chi connectivity index (χ1n) is 6.11. The number of hydrogen-bond donors (Lipinski definition) is 1. The number of nitrogens with one attached hydrogen (secondary N) is 1. The van der Waals surface area contributed by atoms with Crippen molar-refractivity contribution < 1.29 is 9.53 Å². The molecule has 0 unspecified atom stereocenters. The second kappa shape index (κ2) is 7.27. The highest BCUT2D eigenvalue weighted by Gasteiger charge is 2.02. The molecule has 1 aromatic carbocycles. The normalized spacial score (nSPS) is 10.3. The molecule has 0 aliphatic rings. The number of nitrogens with zero attached hydrogens (tertiary/aromatic N) is 3. The molecule has 100 valence electrons. The van der Waals surface area contributed by atoms with E-state index >= 15 is 0 Å². The molecular weight excluding hydrogens is 244 g/mol. The van der Waals surface area contributed by atoms with Crippen LogP contribution in [0.25, 0.3) is 0 Å². The largest absolute Gasteiger partial charge is 0.378 e. The first-order chi connectivity index (χ1) is 9.36. The number of carbonyl (C=O) groups excluding carboxylic acids is 1. The summed E-state index contributed by atoms with van der Waals surface area (Å²) in [6.07, 6.45) is 3.25. The van der Waals surface area contributed by atoms with E-state index in [4.69, 9.17) is 4.74 Å². The maximum absolute atomic E-state index is 11.7. The van der Waals surface area contributed by atoms with E-state index in [0.29, 0.717) is 31.9 Å². The van der Waals surface area contributed by atoms with Gasteiger partial charge in [-0.3, -0.25) is 4.79 Å². The fourth-order valence-corrected chi connectivity index (χ4v) is 1.54. The van der Waals surface area contributed by atoms with Crippen LogP contribution in [0.15, 0.2) is 42.7 Å². The van der Waals surface area contributed by atoms with Gasteiger partial charge in [-0.25, -0.2) is 0 Å². The molecule has 0 atom stereocenters. The van der Waals surface area contributed by atoms with Gasteiger partial charge < -0.3 is 10.1 Å². The Labute approximate surface area is 111 Å². The highest BCUT2D eigenvalue weighted by molar-refractivity contribution is 5.94. The van der Waals surface area contributed by atoms with Gasteiger partial charge in [-0.2, -0.15) is 15.0 Å². The minimum absolute atomic E-state index is 0.0852. The third-order valence-electron chi connectivity index (χ3n) is 2.47. The average Bonchev–Trinajstić information content (AvgIpc) is 2.96. The van der Waals surface area contributed by atoms with Crippen molar-refractivity contribution in [3.8, 4) is 0 Å². The number of ether oxygens (including phenoxy) is 1. The van der Waals surface area contributed by atoms with E-state index in [2.05, 4.69) is 15.5 Å². The van der Waals surface area contributed by atoms with Gasteiger partial charge >= 0.3 is 0 Å². The van der Waals surface area contributed by atoms with Crippen LogP contribution in [-0.4, -0.2) is 40.7 Å². The number of carbonyl (C=O) groups is 1. The topological polar surface area (TPSA) is 69.0 Å². The monoisotopic (exact) mass is 260 g/mol. The van der Waals surface area contributed by atoms with E-state index < -0.39 is 0 Å². The lowest BCUT2D eigenvalue weighted by Gasteiger charge is -2.06. The van der Waals surface area contributed by atoms with Crippen LogP contribution in [0.1, 0.15) is 10.4 Å². The summed E-state index contributed by atoms with van der Waals surface area (Å²) < 4.78 is 5.38. The number of amides is 1. The fourth-order valence-electron chi connectivity index (χ4n) is 1.54. The molecule has 0 aliphatic heterocycles. The van der Waals surface area contributed by atoms with Crippen LogP contribution in [0.5, 0.6) is 0 Å². The zero-order valence-electron chi connectivity index (χ0n) is 10.5. The van der Waals surface area contributed by atoms with Crippen LogP contribution in [0.4, 0.5) is 0 Å². The molecule has 0 saturated carbocycles. The molecule has 1 amide bonds. The maximum atomic E-state index is 11.7. The second-order valence-electron chi connectivity index (χ2n) is 3.86. The van der Waals surface area contributed by atoms with E-state index in [0.717, 1.165) is 0 Å². The Bertz CT molecular complexity index is 485. The lowest BCUT2D eigenvalue weighted by Crippen LogP contribution is -2.27. The highest BCUT2D eigenvalue weighted by atomic mass is 16.5. The fraction of sp³-hybridized carbons (Fsp3) is 0.308. The molecule has 0 fully saturated rings. The minimum Gasteiger partial charge on any atom is -0.378 e. The molecule has 0 radical (unpaired) electrons. The Hall–Kier alpha value is -2.21. The lowest BCUT2D eigenvalue weighted by atomic mass is 10.2. The minimum atomic E-state index is -0.0852. The summed E-state index contributed by atoms with van der Waals surface area (Å²) in [5.41, 5.74) is 0.656. The Balaban J connectivity index is 1.56. The third-order valence-corrected chi connectivity index (χ3v) is 2.47. The molecular formula is C13H16N4O2. The molecule has 1 aromatic heterocycles. The Morgan fingerprint density at radius 2 is 1.89 bits per heavy atom. The van der Waals surface area contributed by atoms with Gasteiger partial charge in [-0.05, 0) is 12.1 Å². The smallest absolute Gasteiger partial charge is 0.251 e. The van der Waals surface area contributed by atoms with Crippen molar-refractivity contribution in [1.82, 2.24) is 20.3 Å². The summed E-state index contributed by atoms with van der Waals surface area (Å²) in [6, 6.07) is 9.10. The molecule has 0 saturated heterocycles. The van der Waals surface area contributed by atoms with Gasteiger partial charge in [0.1, 0.15) is 0 Å². The van der Waals surface area contributed by atoms with Crippen LogP contribution < -0.4 is 5.32 Å². The standard InChI is InChI=1S/C13H16N4O2/c18-13(12-4-2-1-3-5-12)14-8-10-19-11-9-17-15-6-7-16-17/h1-7H,8-11H2,(H,14,18). The summed E-state index contributed by atoms with van der Waals surface area (Å²) >= 11 is 0. The first kappa shape index (κ1) is 13.2. The van der Waals surface area contributed by atoms with Crippen molar-refractivity contribution in [2.45, 2.75) is 6.54 Å². The van der Waals surface area contributed by atoms with E-state index in [1.807, 2.05) is 18.2 Å². The Morgan fingerprint density at radius 3 is 2.63 bits per heavy atom.